The molecular weight excluding hydrogens is 389 g/mol. The lowest BCUT2D eigenvalue weighted by Gasteiger charge is -2.07. The van der Waals surface area contributed by atoms with Gasteiger partial charge in [0, 0.05) is 16.0 Å². The number of rotatable bonds is 5. The van der Waals surface area contributed by atoms with Crippen LogP contribution in [-0.2, 0) is 16.1 Å². The van der Waals surface area contributed by atoms with Gasteiger partial charge in [0.1, 0.15) is 5.82 Å². The van der Waals surface area contributed by atoms with E-state index in [1.807, 2.05) is 0 Å². The molecule has 2 rings (SSSR count). The minimum absolute atomic E-state index is 0.223. The summed E-state index contributed by atoms with van der Waals surface area (Å²) < 4.78 is 18.9. The molecule has 0 bridgehead atoms. The fourth-order valence-corrected chi connectivity index (χ4v) is 2.18. The standard InChI is InChI=1S/C16H12BrClFNO3/c17-11-3-6-13(14(19)7-11)16(22)23-9-15(21)20-8-10-1-4-12(18)5-2-10/h1-7H,8-9H2,(H,20,21). The maximum Gasteiger partial charge on any atom is 0.341 e. The molecule has 120 valence electrons. The fourth-order valence-electron chi connectivity index (χ4n) is 1.72. The van der Waals surface area contributed by atoms with Crippen LogP contribution in [0.2, 0.25) is 5.02 Å². The predicted molar refractivity (Wildman–Crippen MR) is 87.7 cm³/mol. The van der Waals surface area contributed by atoms with Crippen LogP contribution in [0.25, 0.3) is 0 Å². The van der Waals surface area contributed by atoms with Crippen molar-refractivity contribution < 1.29 is 18.7 Å². The Bertz CT molecular complexity index is 722. The summed E-state index contributed by atoms with van der Waals surface area (Å²) in [5, 5.41) is 3.19. The smallest absolute Gasteiger partial charge is 0.341 e. The second-order valence-corrected chi connectivity index (χ2v) is 5.96. The van der Waals surface area contributed by atoms with Gasteiger partial charge >= 0.3 is 5.97 Å². The quantitative estimate of drug-likeness (QED) is 0.779. The molecule has 0 aromatic heterocycles. The summed E-state index contributed by atoms with van der Waals surface area (Å²) in [6.45, 7) is -0.206. The Morgan fingerprint density at radius 1 is 1.17 bits per heavy atom. The van der Waals surface area contributed by atoms with Crippen LogP contribution in [0.3, 0.4) is 0 Å². The number of amides is 1. The molecule has 0 radical (unpaired) electrons. The molecule has 0 aliphatic carbocycles. The largest absolute Gasteiger partial charge is 0.452 e. The van der Waals surface area contributed by atoms with Gasteiger partial charge in [0.05, 0.1) is 5.56 Å². The van der Waals surface area contributed by atoms with Crippen molar-refractivity contribution in [2.75, 3.05) is 6.61 Å². The Balaban J connectivity index is 1.81. The van der Waals surface area contributed by atoms with E-state index in [1.165, 1.54) is 12.1 Å². The van der Waals surface area contributed by atoms with Crippen molar-refractivity contribution in [3.05, 3.63) is 68.9 Å². The first-order valence-electron chi connectivity index (χ1n) is 6.59. The van der Waals surface area contributed by atoms with E-state index in [-0.39, 0.29) is 12.1 Å². The van der Waals surface area contributed by atoms with Gasteiger partial charge in [0.25, 0.3) is 5.91 Å². The molecule has 0 fully saturated rings. The van der Waals surface area contributed by atoms with Gasteiger partial charge < -0.3 is 10.1 Å². The lowest BCUT2D eigenvalue weighted by molar-refractivity contribution is -0.124. The van der Waals surface area contributed by atoms with E-state index >= 15 is 0 Å². The molecule has 7 heteroatoms. The number of benzene rings is 2. The molecule has 0 aliphatic heterocycles. The molecule has 0 atom stereocenters. The summed E-state index contributed by atoms with van der Waals surface area (Å²) in [4.78, 5) is 23.4. The summed E-state index contributed by atoms with van der Waals surface area (Å²) in [6.07, 6.45) is 0. The van der Waals surface area contributed by atoms with Crippen molar-refractivity contribution >= 4 is 39.4 Å². The highest BCUT2D eigenvalue weighted by atomic mass is 79.9. The van der Waals surface area contributed by atoms with Crippen LogP contribution in [0, 0.1) is 5.82 Å². The SMILES string of the molecule is O=C(COC(=O)c1ccc(Br)cc1F)NCc1ccc(Cl)cc1. The van der Waals surface area contributed by atoms with E-state index < -0.39 is 24.3 Å². The second kappa shape index (κ2) is 8.08. The molecule has 0 saturated heterocycles. The highest BCUT2D eigenvalue weighted by molar-refractivity contribution is 9.10. The Morgan fingerprint density at radius 2 is 1.87 bits per heavy atom. The van der Waals surface area contributed by atoms with Crippen LogP contribution < -0.4 is 5.32 Å². The number of halogens is 3. The molecule has 2 aromatic rings. The lowest BCUT2D eigenvalue weighted by Crippen LogP contribution is -2.28. The van der Waals surface area contributed by atoms with Crippen molar-refractivity contribution in [1.29, 1.82) is 0 Å². The Kier molecular flexibility index (Phi) is 6.12. The van der Waals surface area contributed by atoms with Gasteiger partial charge in [0.2, 0.25) is 0 Å². The first-order valence-corrected chi connectivity index (χ1v) is 7.76. The zero-order chi connectivity index (χ0) is 16.8. The Labute approximate surface area is 145 Å². The molecular formula is C16H12BrClFNO3. The van der Waals surface area contributed by atoms with Gasteiger partial charge in [-0.2, -0.15) is 0 Å². The number of hydrogen-bond acceptors (Lipinski definition) is 3. The average Bonchev–Trinajstić information content (AvgIpc) is 2.52. The molecule has 23 heavy (non-hydrogen) atoms. The van der Waals surface area contributed by atoms with Gasteiger partial charge in [-0.15, -0.1) is 0 Å². The lowest BCUT2D eigenvalue weighted by atomic mass is 10.2. The zero-order valence-corrected chi connectivity index (χ0v) is 14.2. The summed E-state index contributed by atoms with van der Waals surface area (Å²) in [5.74, 6) is -2.09. The number of nitrogens with one attached hydrogen (secondary N) is 1. The number of ether oxygens (including phenoxy) is 1. The van der Waals surface area contributed by atoms with Crippen molar-refractivity contribution in [1.82, 2.24) is 5.32 Å². The van der Waals surface area contributed by atoms with Crippen molar-refractivity contribution in [3.63, 3.8) is 0 Å². The van der Waals surface area contributed by atoms with E-state index in [9.17, 15) is 14.0 Å². The van der Waals surface area contributed by atoms with Crippen LogP contribution in [0.4, 0.5) is 4.39 Å². The molecule has 1 N–H and O–H groups in total. The van der Waals surface area contributed by atoms with Crippen LogP contribution in [0.1, 0.15) is 15.9 Å². The van der Waals surface area contributed by atoms with E-state index in [1.54, 1.807) is 24.3 Å². The third kappa shape index (κ3) is 5.33. The number of esters is 1. The van der Waals surface area contributed by atoms with Gasteiger partial charge in [-0.05, 0) is 35.9 Å². The average molecular weight is 401 g/mol. The Hall–Kier alpha value is -1.92. The van der Waals surface area contributed by atoms with E-state index in [0.29, 0.717) is 9.50 Å². The van der Waals surface area contributed by atoms with Crippen LogP contribution in [-0.4, -0.2) is 18.5 Å². The second-order valence-electron chi connectivity index (χ2n) is 4.60. The topological polar surface area (TPSA) is 55.4 Å². The third-order valence-electron chi connectivity index (χ3n) is 2.89. The van der Waals surface area contributed by atoms with Gasteiger partial charge in [-0.3, -0.25) is 4.79 Å². The van der Waals surface area contributed by atoms with Crippen molar-refractivity contribution in [3.8, 4) is 0 Å². The third-order valence-corrected chi connectivity index (χ3v) is 3.63. The number of hydrogen-bond donors (Lipinski definition) is 1. The molecule has 1 amide bonds. The molecule has 0 spiro atoms. The first-order chi connectivity index (χ1) is 11.0. The minimum Gasteiger partial charge on any atom is -0.452 e. The summed E-state index contributed by atoms with van der Waals surface area (Å²) in [7, 11) is 0. The number of carbonyl (C=O) groups excluding carboxylic acids is 2. The minimum atomic E-state index is -0.892. The molecule has 4 nitrogen and oxygen atoms in total. The molecule has 0 saturated carbocycles. The highest BCUT2D eigenvalue weighted by Gasteiger charge is 2.14. The highest BCUT2D eigenvalue weighted by Crippen LogP contribution is 2.16. The summed E-state index contributed by atoms with van der Waals surface area (Å²) in [6, 6.07) is 10.9. The van der Waals surface area contributed by atoms with Gasteiger partial charge in [-0.25, -0.2) is 9.18 Å². The predicted octanol–water partition coefficient (Wildman–Crippen LogP) is 3.71. The van der Waals surface area contributed by atoms with Gasteiger partial charge in [-0.1, -0.05) is 39.7 Å². The van der Waals surface area contributed by atoms with Crippen LogP contribution >= 0.6 is 27.5 Å². The van der Waals surface area contributed by atoms with E-state index in [4.69, 9.17) is 16.3 Å². The van der Waals surface area contributed by atoms with Crippen LogP contribution in [0.15, 0.2) is 46.9 Å². The summed E-state index contributed by atoms with van der Waals surface area (Å²) in [5.41, 5.74) is 0.631. The van der Waals surface area contributed by atoms with E-state index in [0.717, 1.165) is 11.6 Å². The maximum atomic E-state index is 13.6. The first kappa shape index (κ1) is 17.4. The fraction of sp³-hybridized carbons (Fsp3) is 0.125. The monoisotopic (exact) mass is 399 g/mol. The summed E-state index contributed by atoms with van der Waals surface area (Å²) >= 11 is 8.85. The molecule has 2 aromatic carbocycles. The molecule has 0 aliphatic rings. The van der Waals surface area contributed by atoms with Crippen LogP contribution in [0.5, 0.6) is 0 Å². The van der Waals surface area contributed by atoms with Gasteiger partial charge in [0.15, 0.2) is 6.61 Å². The zero-order valence-electron chi connectivity index (χ0n) is 11.8. The van der Waals surface area contributed by atoms with E-state index in [2.05, 4.69) is 21.2 Å². The molecule has 0 unspecified atom stereocenters. The van der Waals surface area contributed by atoms with Crippen molar-refractivity contribution in [2.24, 2.45) is 0 Å². The number of carbonyl (C=O) groups is 2. The van der Waals surface area contributed by atoms with Crippen molar-refractivity contribution in [2.45, 2.75) is 6.54 Å². The molecule has 0 heterocycles. The normalized spacial score (nSPS) is 10.2. The Morgan fingerprint density at radius 3 is 2.52 bits per heavy atom. The maximum absolute atomic E-state index is 13.6.